The second-order valence-electron chi connectivity index (χ2n) is 5.59. The number of Topliss-reactive ketones (excluding diaryl/α,β-unsaturated/α-hetero) is 1. The van der Waals surface area contributed by atoms with E-state index in [4.69, 9.17) is 19.7 Å². The Kier molecular flexibility index (Phi) is 7.30. The van der Waals surface area contributed by atoms with Crippen molar-refractivity contribution >= 4 is 17.6 Å². The van der Waals surface area contributed by atoms with Gasteiger partial charge in [-0.25, -0.2) is 4.79 Å². The molecule has 1 aromatic carbocycles. The highest BCUT2D eigenvalue weighted by molar-refractivity contribution is 5.82. The van der Waals surface area contributed by atoms with Gasteiger partial charge in [0.1, 0.15) is 19.0 Å². The molecule has 140 valence electrons. The Hall–Kier alpha value is -3.42. The maximum atomic E-state index is 11.9. The fourth-order valence-corrected chi connectivity index (χ4v) is 2.20. The van der Waals surface area contributed by atoms with E-state index in [-0.39, 0.29) is 31.1 Å². The summed E-state index contributed by atoms with van der Waals surface area (Å²) in [4.78, 5) is 30.5. The molecule has 9 nitrogen and oxygen atoms in total. The third-order valence-electron chi connectivity index (χ3n) is 3.45. The number of aromatic nitrogens is 1. The fraction of sp³-hybridized carbons (Fsp3) is 0.278. The summed E-state index contributed by atoms with van der Waals surface area (Å²) >= 11 is 0. The largest absolute Gasteiger partial charge is 0.514 e. The maximum absolute atomic E-state index is 11.9. The van der Waals surface area contributed by atoms with Crippen molar-refractivity contribution in [1.82, 2.24) is 4.98 Å². The van der Waals surface area contributed by atoms with Crippen LogP contribution in [0.1, 0.15) is 16.8 Å². The third kappa shape index (κ3) is 6.43. The van der Waals surface area contributed by atoms with Crippen molar-refractivity contribution < 1.29 is 23.8 Å². The molecule has 0 unspecified atom stereocenters. The fourth-order valence-electron chi connectivity index (χ4n) is 2.20. The molecule has 0 saturated heterocycles. The molecule has 0 aliphatic carbocycles. The second-order valence-corrected chi connectivity index (χ2v) is 5.59. The molecule has 2 aromatic rings. The number of azide groups is 1. The number of hydrogen-bond donors (Lipinski definition) is 0. The summed E-state index contributed by atoms with van der Waals surface area (Å²) in [5, 5.41) is 3.46. The summed E-state index contributed by atoms with van der Waals surface area (Å²) < 4.78 is 15.0. The summed E-state index contributed by atoms with van der Waals surface area (Å²) in [5.74, 6) is 0.161. The van der Waals surface area contributed by atoms with Crippen LogP contribution in [-0.4, -0.2) is 30.6 Å². The van der Waals surface area contributed by atoms with Gasteiger partial charge in [-0.05, 0) is 36.2 Å². The lowest BCUT2D eigenvalue weighted by atomic mass is 10.1. The number of nitrogens with zero attached hydrogens (tertiary/aromatic N) is 4. The minimum absolute atomic E-state index is 0.00132. The van der Waals surface area contributed by atoms with E-state index in [9.17, 15) is 9.59 Å². The Morgan fingerprint density at radius 2 is 2.00 bits per heavy atom. The van der Waals surface area contributed by atoms with Crippen LogP contribution in [0.5, 0.6) is 5.75 Å². The first-order valence-corrected chi connectivity index (χ1v) is 7.96. The van der Waals surface area contributed by atoms with Crippen LogP contribution in [0.25, 0.3) is 10.4 Å². The monoisotopic (exact) mass is 370 g/mol. The number of benzene rings is 1. The third-order valence-corrected chi connectivity index (χ3v) is 3.45. The SMILES string of the molecule is COCC(=O)Cc1cc(N=[N+]=[N-])cnc1COC(=O)Oc1ccc(C)cc1. The molecular formula is C18H18N4O5. The highest BCUT2D eigenvalue weighted by Gasteiger charge is 2.13. The molecule has 1 aromatic heterocycles. The van der Waals surface area contributed by atoms with Crippen LogP contribution in [0.3, 0.4) is 0 Å². The van der Waals surface area contributed by atoms with Gasteiger partial charge in [0.05, 0.1) is 11.4 Å². The lowest BCUT2D eigenvalue weighted by Gasteiger charge is -2.10. The van der Waals surface area contributed by atoms with Crippen molar-refractivity contribution in [3.8, 4) is 5.75 Å². The van der Waals surface area contributed by atoms with E-state index in [1.165, 1.54) is 19.4 Å². The van der Waals surface area contributed by atoms with E-state index < -0.39 is 6.16 Å². The van der Waals surface area contributed by atoms with Gasteiger partial charge in [0, 0.05) is 24.6 Å². The molecule has 0 aliphatic rings. The molecule has 2 rings (SSSR count). The van der Waals surface area contributed by atoms with Crippen LogP contribution >= 0.6 is 0 Å². The number of hydrogen-bond acceptors (Lipinski definition) is 7. The molecule has 0 saturated carbocycles. The molecular weight excluding hydrogens is 352 g/mol. The van der Waals surface area contributed by atoms with E-state index in [0.717, 1.165) is 5.56 Å². The summed E-state index contributed by atoms with van der Waals surface area (Å²) in [7, 11) is 1.41. The maximum Gasteiger partial charge on any atom is 0.514 e. The number of aryl methyl sites for hydroxylation is 1. The zero-order chi connectivity index (χ0) is 19.6. The summed E-state index contributed by atoms with van der Waals surface area (Å²) in [6.45, 7) is 1.65. The van der Waals surface area contributed by atoms with Crippen molar-refractivity contribution in [1.29, 1.82) is 0 Å². The summed E-state index contributed by atoms with van der Waals surface area (Å²) in [6, 6.07) is 8.43. The molecule has 1 heterocycles. The van der Waals surface area contributed by atoms with E-state index in [1.54, 1.807) is 24.3 Å². The number of rotatable bonds is 8. The van der Waals surface area contributed by atoms with E-state index in [2.05, 4.69) is 15.0 Å². The lowest BCUT2D eigenvalue weighted by molar-refractivity contribution is -0.122. The predicted octanol–water partition coefficient (Wildman–Crippen LogP) is 3.81. The first-order valence-electron chi connectivity index (χ1n) is 7.96. The van der Waals surface area contributed by atoms with Gasteiger partial charge in [-0.3, -0.25) is 9.78 Å². The Bertz CT molecular complexity index is 861. The highest BCUT2D eigenvalue weighted by atomic mass is 16.7. The number of carbonyl (C=O) groups is 2. The second kappa shape index (κ2) is 9.91. The van der Waals surface area contributed by atoms with E-state index in [0.29, 0.717) is 17.0 Å². The van der Waals surface area contributed by atoms with Gasteiger partial charge in [-0.2, -0.15) is 0 Å². The number of ether oxygens (including phenoxy) is 3. The van der Waals surface area contributed by atoms with Crippen molar-refractivity contribution in [2.24, 2.45) is 5.11 Å². The molecule has 0 atom stereocenters. The van der Waals surface area contributed by atoms with Crippen molar-refractivity contribution in [3.05, 3.63) is 63.8 Å². The van der Waals surface area contributed by atoms with Gasteiger partial charge in [0.15, 0.2) is 5.78 Å². The van der Waals surface area contributed by atoms with Crippen LogP contribution in [0, 0.1) is 6.92 Å². The van der Waals surface area contributed by atoms with Gasteiger partial charge in [0.25, 0.3) is 0 Å². The van der Waals surface area contributed by atoms with E-state index in [1.807, 2.05) is 6.92 Å². The minimum atomic E-state index is -0.894. The average Bonchev–Trinajstić information content (AvgIpc) is 2.63. The smallest absolute Gasteiger partial charge is 0.427 e. The minimum Gasteiger partial charge on any atom is -0.427 e. The van der Waals surface area contributed by atoms with Crippen LogP contribution < -0.4 is 4.74 Å². The number of methoxy groups -OCH3 is 1. The average molecular weight is 370 g/mol. The molecule has 0 spiro atoms. The van der Waals surface area contributed by atoms with Crippen LogP contribution in [-0.2, 0) is 27.3 Å². The molecule has 27 heavy (non-hydrogen) atoms. The van der Waals surface area contributed by atoms with Gasteiger partial charge < -0.3 is 14.2 Å². The standard InChI is InChI=1S/C18H18N4O5/c1-12-3-5-16(6-4-12)27-18(24)26-11-17-13(8-15(23)10-25-2)7-14(9-20-17)21-22-19/h3-7,9H,8,10-11H2,1-2H3. The zero-order valence-electron chi connectivity index (χ0n) is 14.9. The van der Waals surface area contributed by atoms with Crippen LogP contribution in [0.15, 0.2) is 41.6 Å². The number of carbonyl (C=O) groups excluding carboxylic acids is 2. The van der Waals surface area contributed by atoms with E-state index >= 15 is 0 Å². The Labute approximate surface area is 155 Å². The van der Waals surface area contributed by atoms with Crippen molar-refractivity contribution in [2.45, 2.75) is 20.0 Å². The van der Waals surface area contributed by atoms with Crippen molar-refractivity contribution in [3.63, 3.8) is 0 Å². The molecule has 0 bridgehead atoms. The molecule has 0 amide bonds. The van der Waals surface area contributed by atoms with Crippen molar-refractivity contribution in [2.75, 3.05) is 13.7 Å². The lowest BCUT2D eigenvalue weighted by Crippen LogP contribution is -2.15. The quantitative estimate of drug-likeness (QED) is 0.229. The Morgan fingerprint density at radius 3 is 2.67 bits per heavy atom. The topological polar surface area (TPSA) is 123 Å². The Balaban J connectivity index is 2.06. The number of ketones is 1. The normalized spacial score (nSPS) is 10.0. The first-order chi connectivity index (χ1) is 13.0. The molecule has 0 aliphatic heterocycles. The summed E-state index contributed by atoms with van der Waals surface area (Å²) in [6.07, 6.45) is 0.434. The Morgan fingerprint density at radius 1 is 1.26 bits per heavy atom. The van der Waals surface area contributed by atoms with Crippen LogP contribution in [0.2, 0.25) is 0 Å². The summed E-state index contributed by atoms with van der Waals surface area (Å²) in [5.41, 5.74) is 10.7. The van der Waals surface area contributed by atoms with Gasteiger partial charge in [-0.1, -0.05) is 22.8 Å². The molecule has 0 N–H and O–H groups in total. The molecule has 9 heteroatoms. The molecule has 0 radical (unpaired) electrons. The first kappa shape index (κ1) is 19.9. The highest BCUT2D eigenvalue weighted by Crippen LogP contribution is 2.19. The van der Waals surface area contributed by atoms with Gasteiger partial charge >= 0.3 is 6.16 Å². The predicted molar refractivity (Wildman–Crippen MR) is 95.6 cm³/mol. The zero-order valence-corrected chi connectivity index (χ0v) is 14.9. The number of pyridine rings is 1. The molecule has 0 fully saturated rings. The van der Waals surface area contributed by atoms with Gasteiger partial charge in [0.2, 0.25) is 0 Å². The van der Waals surface area contributed by atoms with Crippen LogP contribution in [0.4, 0.5) is 10.5 Å². The van der Waals surface area contributed by atoms with Gasteiger partial charge in [-0.15, -0.1) is 0 Å².